The van der Waals surface area contributed by atoms with Gasteiger partial charge in [0.15, 0.2) is 0 Å². The first-order chi connectivity index (χ1) is 11.0. The summed E-state index contributed by atoms with van der Waals surface area (Å²) >= 11 is 3.43. The number of hydrogen-bond donors (Lipinski definition) is 2. The molecule has 0 unspecified atom stereocenters. The molecule has 5 heteroatoms. The highest BCUT2D eigenvalue weighted by Crippen LogP contribution is 2.25. The fraction of sp³-hybridized carbons (Fsp3) is 0.278. The van der Waals surface area contributed by atoms with Crippen molar-refractivity contribution in [1.82, 2.24) is 0 Å². The second kappa shape index (κ2) is 8.02. The summed E-state index contributed by atoms with van der Waals surface area (Å²) in [5.74, 6) is 0.558. The second-order valence-corrected chi connectivity index (χ2v) is 6.44. The Morgan fingerprint density at radius 2 is 1.91 bits per heavy atom. The number of aryl methyl sites for hydroxylation is 1. The number of halogens is 1. The van der Waals surface area contributed by atoms with Gasteiger partial charge in [0.1, 0.15) is 5.75 Å². The maximum Gasteiger partial charge on any atom is 0.243 e. The van der Waals surface area contributed by atoms with Crippen LogP contribution in [-0.2, 0) is 4.79 Å². The molecule has 122 valence electrons. The molecular weight excluding hydrogens is 356 g/mol. The van der Waals surface area contributed by atoms with E-state index in [2.05, 4.69) is 26.6 Å². The van der Waals surface area contributed by atoms with Crippen molar-refractivity contribution in [2.75, 3.05) is 17.2 Å². The van der Waals surface area contributed by atoms with Crippen LogP contribution >= 0.6 is 15.9 Å². The van der Waals surface area contributed by atoms with Gasteiger partial charge in [-0.3, -0.25) is 4.79 Å². The van der Waals surface area contributed by atoms with Crippen LogP contribution < -0.4 is 15.4 Å². The minimum absolute atomic E-state index is 0.0524. The molecule has 0 fully saturated rings. The monoisotopic (exact) mass is 376 g/mol. The molecule has 0 spiro atoms. The number of rotatable bonds is 6. The average Bonchev–Trinajstić information content (AvgIpc) is 2.48. The molecule has 0 aliphatic carbocycles. The minimum atomic E-state index is -0.118. The Bertz CT molecular complexity index is 686. The number of para-hydroxylation sites is 2. The molecule has 0 saturated carbocycles. The van der Waals surface area contributed by atoms with Crippen LogP contribution in [0.5, 0.6) is 5.75 Å². The van der Waals surface area contributed by atoms with E-state index >= 15 is 0 Å². The van der Waals surface area contributed by atoms with Crippen molar-refractivity contribution in [3.63, 3.8) is 0 Å². The number of hydrogen-bond acceptors (Lipinski definition) is 3. The minimum Gasteiger partial charge on any atom is -0.489 e. The van der Waals surface area contributed by atoms with Gasteiger partial charge in [0.25, 0.3) is 0 Å². The van der Waals surface area contributed by atoms with Crippen LogP contribution in [0.15, 0.2) is 46.9 Å². The number of benzene rings is 2. The number of carbonyl (C=O) groups excluding carboxylic acids is 1. The third kappa shape index (κ3) is 5.28. The molecule has 1 amide bonds. The van der Waals surface area contributed by atoms with E-state index in [4.69, 9.17) is 4.74 Å². The van der Waals surface area contributed by atoms with Gasteiger partial charge in [-0.2, -0.15) is 0 Å². The van der Waals surface area contributed by atoms with Crippen LogP contribution in [0.4, 0.5) is 11.4 Å². The maximum atomic E-state index is 12.2. The number of carbonyl (C=O) groups is 1. The first kappa shape index (κ1) is 17.3. The van der Waals surface area contributed by atoms with E-state index in [1.165, 1.54) is 0 Å². The largest absolute Gasteiger partial charge is 0.489 e. The zero-order valence-electron chi connectivity index (χ0n) is 13.5. The summed E-state index contributed by atoms with van der Waals surface area (Å²) in [7, 11) is 0. The summed E-state index contributed by atoms with van der Waals surface area (Å²) in [6.45, 7) is 6.10. The quantitative estimate of drug-likeness (QED) is 0.774. The zero-order valence-corrected chi connectivity index (χ0v) is 15.1. The van der Waals surface area contributed by atoms with Crippen molar-refractivity contribution in [3.8, 4) is 5.75 Å². The highest BCUT2D eigenvalue weighted by molar-refractivity contribution is 9.10. The number of ether oxygens (including phenoxy) is 1. The summed E-state index contributed by atoms with van der Waals surface area (Å²) in [6, 6.07) is 13.3. The van der Waals surface area contributed by atoms with Crippen molar-refractivity contribution in [1.29, 1.82) is 0 Å². The average molecular weight is 377 g/mol. The van der Waals surface area contributed by atoms with E-state index in [-0.39, 0.29) is 18.6 Å². The molecule has 0 aliphatic heterocycles. The molecule has 2 aromatic carbocycles. The van der Waals surface area contributed by atoms with Crippen LogP contribution in [0, 0.1) is 6.92 Å². The first-order valence-corrected chi connectivity index (χ1v) is 8.30. The van der Waals surface area contributed by atoms with Crippen molar-refractivity contribution >= 4 is 33.2 Å². The van der Waals surface area contributed by atoms with E-state index in [1.54, 1.807) is 0 Å². The second-order valence-electron chi connectivity index (χ2n) is 5.52. The first-order valence-electron chi connectivity index (χ1n) is 7.51. The van der Waals surface area contributed by atoms with Crippen LogP contribution in [-0.4, -0.2) is 18.6 Å². The van der Waals surface area contributed by atoms with Gasteiger partial charge in [-0.05, 0) is 56.7 Å². The molecular formula is C18H21BrN2O2. The number of anilines is 2. The highest BCUT2D eigenvalue weighted by Gasteiger charge is 2.09. The Balaban J connectivity index is 1.97. The fourth-order valence-corrected chi connectivity index (χ4v) is 2.60. The van der Waals surface area contributed by atoms with Crippen molar-refractivity contribution in [2.24, 2.45) is 0 Å². The van der Waals surface area contributed by atoms with Gasteiger partial charge in [-0.15, -0.1) is 0 Å². The molecule has 0 aromatic heterocycles. The van der Waals surface area contributed by atoms with Gasteiger partial charge in [0, 0.05) is 10.2 Å². The molecule has 2 rings (SSSR count). The van der Waals surface area contributed by atoms with E-state index < -0.39 is 0 Å². The fourth-order valence-electron chi connectivity index (χ4n) is 2.12. The molecule has 2 N–H and O–H groups in total. The summed E-state index contributed by atoms with van der Waals surface area (Å²) in [5.41, 5.74) is 2.70. The number of nitrogens with one attached hydrogen (secondary N) is 2. The van der Waals surface area contributed by atoms with Crippen molar-refractivity contribution < 1.29 is 9.53 Å². The Kier molecular flexibility index (Phi) is 6.04. The van der Waals surface area contributed by atoms with Gasteiger partial charge >= 0.3 is 0 Å². The van der Waals surface area contributed by atoms with Gasteiger partial charge in [0.05, 0.1) is 18.3 Å². The van der Waals surface area contributed by atoms with E-state index in [0.717, 1.165) is 15.7 Å². The highest BCUT2D eigenvalue weighted by atomic mass is 79.9. The maximum absolute atomic E-state index is 12.2. The lowest BCUT2D eigenvalue weighted by Crippen LogP contribution is -2.22. The van der Waals surface area contributed by atoms with Crippen LogP contribution in [0.1, 0.15) is 19.4 Å². The molecule has 0 radical (unpaired) electrons. The standard InChI is InChI=1S/C18H21BrN2O2/c1-12(2)23-17-7-5-4-6-16(17)21-18(22)11-20-15-9-8-14(19)10-13(15)3/h4-10,12,20H,11H2,1-3H3,(H,21,22). The predicted molar refractivity (Wildman–Crippen MR) is 98.2 cm³/mol. The summed E-state index contributed by atoms with van der Waals surface area (Å²) < 4.78 is 6.72. The van der Waals surface area contributed by atoms with E-state index in [0.29, 0.717) is 11.4 Å². The lowest BCUT2D eigenvalue weighted by atomic mass is 10.2. The molecule has 0 aliphatic rings. The normalized spacial score (nSPS) is 10.5. The Hall–Kier alpha value is -2.01. The molecule has 4 nitrogen and oxygen atoms in total. The SMILES string of the molecule is Cc1cc(Br)ccc1NCC(=O)Nc1ccccc1OC(C)C. The molecule has 0 atom stereocenters. The van der Waals surface area contributed by atoms with Crippen molar-refractivity contribution in [3.05, 3.63) is 52.5 Å². The Morgan fingerprint density at radius 3 is 2.61 bits per heavy atom. The topological polar surface area (TPSA) is 50.4 Å². The zero-order chi connectivity index (χ0) is 16.8. The molecule has 0 bridgehead atoms. The summed E-state index contributed by atoms with van der Waals surface area (Å²) in [4.78, 5) is 12.2. The lowest BCUT2D eigenvalue weighted by molar-refractivity contribution is -0.114. The third-order valence-electron chi connectivity index (χ3n) is 3.15. The van der Waals surface area contributed by atoms with Crippen LogP contribution in [0.3, 0.4) is 0 Å². The summed E-state index contributed by atoms with van der Waals surface area (Å²) in [6.07, 6.45) is 0.0524. The van der Waals surface area contributed by atoms with Gasteiger partial charge in [-0.1, -0.05) is 28.1 Å². The Labute approximate surface area is 145 Å². The van der Waals surface area contributed by atoms with E-state index in [9.17, 15) is 4.79 Å². The van der Waals surface area contributed by atoms with Crippen LogP contribution in [0.2, 0.25) is 0 Å². The van der Waals surface area contributed by atoms with Gasteiger partial charge < -0.3 is 15.4 Å². The van der Waals surface area contributed by atoms with Crippen LogP contribution in [0.25, 0.3) is 0 Å². The predicted octanol–water partition coefficient (Wildman–Crippen LogP) is 4.60. The van der Waals surface area contributed by atoms with Gasteiger partial charge in [-0.25, -0.2) is 0 Å². The van der Waals surface area contributed by atoms with Gasteiger partial charge in [0.2, 0.25) is 5.91 Å². The molecule has 2 aromatic rings. The third-order valence-corrected chi connectivity index (χ3v) is 3.64. The smallest absolute Gasteiger partial charge is 0.243 e. The lowest BCUT2D eigenvalue weighted by Gasteiger charge is -2.15. The number of amides is 1. The summed E-state index contributed by atoms with van der Waals surface area (Å²) in [5, 5.41) is 6.03. The molecule has 0 saturated heterocycles. The molecule has 23 heavy (non-hydrogen) atoms. The van der Waals surface area contributed by atoms with E-state index in [1.807, 2.05) is 63.2 Å². The molecule has 0 heterocycles. The van der Waals surface area contributed by atoms with Crippen molar-refractivity contribution in [2.45, 2.75) is 26.9 Å². The Morgan fingerprint density at radius 1 is 1.17 bits per heavy atom.